The van der Waals surface area contributed by atoms with Crippen molar-refractivity contribution in [1.29, 1.82) is 0 Å². The molecule has 1 unspecified atom stereocenters. The first-order valence-electron chi connectivity index (χ1n) is 8.19. The number of carbonyl (C=O) groups excluding carboxylic acids is 2. The number of halogens is 2. The number of carbonyl (C=O) groups is 2. The van der Waals surface area contributed by atoms with Crippen LogP contribution < -0.4 is 4.74 Å². The topological polar surface area (TPSA) is 63.0 Å². The normalized spacial score (nSPS) is 15.7. The van der Waals surface area contributed by atoms with Crippen LogP contribution in [-0.2, 0) is 4.79 Å². The minimum absolute atomic E-state index is 0.0800. The smallest absolute Gasteiger partial charge is 0.289 e. The molecule has 2 heterocycles. The number of hydrogen-bond donors (Lipinski definition) is 0. The van der Waals surface area contributed by atoms with Gasteiger partial charge in [-0.05, 0) is 31.2 Å². The van der Waals surface area contributed by atoms with Gasteiger partial charge in [-0.2, -0.15) is 0 Å². The van der Waals surface area contributed by atoms with Gasteiger partial charge in [0.15, 0.2) is 23.5 Å². The van der Waals surface area contributed by atoms with E-state index in [1.54, 1.807) is 28.9 Å². The molecule has 0 saturated carbocycles. The highest BCUT2D eigenvalue weighted by molar-refractivity contribution is 5.91. The van der Waals surface area contributed by atoms with Gasteiger partial charge in [0.05, 0.1) is 6.26 Å². The molecule has 26 heavy (non-hydrogen) atoms. The Hall–Kier alpha value is -2.90. The second-order valence-electron chi connectivity index (χ2n) is 5.93. The lowest BCUT2D eigenvalue weighted by molar-refractivity contribution is -0.139. The summed E-state index contributed by atoms with van der Waals surface area (Å²) in [6, 6.07) is 6.35. The van der Waals surface area contributed by atoms with Crippen molar-refractivity contribution in [3.63, 3.8) is 0 Å². The van der Waals surface area contributed by atoms with Crippen LogP contribution in [0.2, 0.25) is 0 Å². The van der Waals surface area contributed by atoms with Crippen LogP contribution in [0, 0.1) is 11.6 Å². The van der Waals surface area contributed by atoms with E-state index in [9.17, 15) is 18.4 Å². The zero-order chi connectivity index (χ0) is 18.7. The van der Waals surface area contributed by atoms with Crippen LogP contribution in [-0.4, -0.2) is 53.9 Å². The van der Waals surface area contributed by atoms with Crippen LogP contribution >= 0.6 is 0 Å². The summed E-state index contributed by atoms with van der Waals surface area (Å²) < 4.78 is 36.7. The molecule has 1 atom stereocenters. The summed E-state index contributed by atoms with van der Waals surface area (Å²) in [5, 5.41) is 0. The van der Waals surface area contributed by atoms with E-state index in [0.717, 1.165) is 12.1 Å². The predicted octanol–water partition coefficient (Wildman–Crippen LogP) is 2.31. The van der Waals surface area contributed by atoms with Gasteiger partial charge in [-0.25, -0.2) is 8.78 Å². The zero-order valence-corrected chi connectivity index (χ0v) is 14.2. The van der Waals surface area contributed by atoms with E-state index in [1.807, 2.05) is 0 Å². The Kier molecular flexibility index (Phi) is 5.20. The largest absolute Gasteiger partial charge is 0.481 e. The van der Waals surface area contributed by atoms with Crippen molar-refractivity contribution in [3.05, 3.63) is 54.0 Å². The maximum absolute atomic E-state index is 13.2. The van der Waals surface area contributed by atoms with Crippen LogP contribution in [0.5, 0.6) is 5.75 Å². The first-order chi connectivity index (χ1) is 12.5. The Morgan fingerprint density at radius 3 is 2.38 bits per heavy atom. The summed E-state index contributed by atoms with van der Waals surface area (Å²) in [5.41, 5.74) is 0. The van der Waals surface area contributed by atoms with Crippen LogP contribution in [0.1, 0.15) is 17.5 Å². The standard InChI is InChI=1S/C18H18F2N2O4/c1-12(26-13-4-5-14(19)15(20)11-13)17(23)21-6-8-22(9-7-21)18(24)16-3-2-10-25-16/h2-5,10-12H,6-9H2,1H3. The van der Waals surface area contributed by atoms with Crippen LogP contribution in [0.25, 0.3) is 0 Å². The fourth-order valence-corrected chi connectivity index (χ4v) is 2.75. The predicted molar refractivity (Wildman–Crippen MR) is 87.6 cm³/mol. The minimum Gasteiger partial charge on any atom is -0.481 e. The first-order valence-corrected chi connectivity index (χ1v) is 8.19. The van der Waals surface area contributed by atoms with Gasteiger partial charge in [-0.15, -0.1) is 0 Å². The van der Waals surface area contributed by atoms with Crippen molar-refractivity contribution >= 4 is 11.8 Å². The van der Waals surface area contributed by atoms with Crippen LogP contribution in [0.3, 0.4) is 0 Å². The molecule has 0 N–H and O–H groups in total. The van der Waals surface area contributed by atoms with Gasteiger partial charge in [0.1, 0.15) is 5.75 Å². The molecule has 1 aromatic heterocycles. The Labute approximate surface area is 148 Å². The van der Waals surface area contributed by atoms with Crippen molar-refractivity contribution in [2.45, 2.75) is 13.0 Å². The van der Waals surface area contributed by atoms with Crippen LogP contribution in [0.4, 0.5) is 8.78 Å². The lowest BCUT2D eigenvalue weighted by atomic mass is 10.2. The fraction of sp³-hybridized carbons (Fsp3) is 0.333. The number of nitrogens with zero attached hydrogens (tertiary/aromatic N) is 2. The Balaban J connectivity index is 1.54. The maximum atomic E-state index is 13.2. The van der Waals surface area contributed by atoms with Gasteiger partial charge in [0.25, 0.3) is 11.8 Å². The Morgan fingerprint density at radius 1 is 1.08 bits per heavy atom. The van der Waals surface area contributed by atoms with Gasteiger partial charge >= 0.3 is 0 Å². The molecule has 0 radical (unpaired) electrons. The van der Waals surface area contributed by atoms with Crippen molar-refractivity contribution < 1.29 is 27.5 Å². The number of furan rings is 1. The summed E-state index contributed by atoms with van der Waals surface area (Å²) in [5.74, 6) is -2.16. The van der Waals surface area contributed by atoms with Crippen molar-refractivity contribution in [2.75, 3.05) is 26.2 Å². The summed E-state index contributed by atoms with van der Waals surface area (Å²) >= 11 is 0. The molecular formula is C18H18F2N2O4. The van der Waals surface area contributed by atoms with E-state index in [-0.39, 0.29) is 23.3 Å². The molecule has 0 bridgehead atoms. The summed E-state index contributed by atoms with van der Waals surface area (Å²) in [6.45, 7) is 3.02. The van der Waals surface area contributed by atoms with Crippen LogP contribution in [0.15, 0.2) is 41.0 Å². The molecule has 1 saturated heterocycles. The number of benzene rings is 1. The molecule has 6 nitrogen and oxygen atoms in total. The van der Waals surface area contributed by atoms with Gasteiger partial charge in [-0.3, -0.25) is 9.59 Å². The summed E-state index contributed by atoms with van der Waals surface area (Å²) in [6.07, 6.45) is 0.580. The highest BCUT2D eigenvalue weighted by Gasteiger charge is 2.29. The molecular weight excluding hydrogens is 346 g/mol. The number of hydrogen-bond acceptors (Lipinski definition) is 4. The SMILES string of the molecule is CC(Oc1ccc(F)c(F)c1)C(=O)N1CCN(C(=O)c2ccco2)CC1. The monoisotopic (exact) mass is 364 g/mol. The van der Waals surface area contributed by atoms with E-state index < -0.39 is 17.7 Å². The Bertz CT molecular complexity index is 786. The van der Waals surface area contributed by atoms with E-state index in [0.29, 0.717) is 26.2 Å². The van der Waals surface area contributed by atoms with Gasteiger partial charge in [0, 0.05) is 32.2 Å². The molecule has 1 aliphatic rings. The Morgan fingerprint density at radius 2 is 1.77 bits per heavy atom. The molecule has 1 fully saturated rings. The lowest BCUT2D eigenvalue weighted by Gasteiger charge is -2.35. The second kappa shape index (κ2) is 7.55. The van der Waals surface area contributed by atoms with E-state index in [2.05, 4.69) is 0 Å². The molecule has 138 valence electrons. The number of rotatable bonds is 4. The molecule has 2 aromatic rings. The van der Waals surface area contributed by atoms with E-state index in [4.69, 9.17) is 9.15 Å². The molecule has 8 heteroatoms. The van der Waals surface area contributed by atoms with E-state index in [1.165, 1.54) is 12.3 Å². The third kappa shape index (κ3) is 3.84. The van der Waals surface area contributed by atoms with Gasteiger partial charge in [0.2, 0.25) is 0 Å². The van der Waals surface area contributed by atoms with Crippen molar-refractivity contribution in [2.24, 2.45) is 0 Å². The number of amides is 2. The average molecular weight is 364 g/mol. The fourth-order valence-electron chi connectivity index (χ4n) is 2.75. The number of piperazine rings is 1. The van der Waals surface area contributed by atoms with Crippen molar-refractivity contribution in [1.82, 2.24) is 9.80 Å². The van der Waals surface area contributed by atoms with Gasteiger partial charge < -0.3 is 19.0 Å². The van der Waals surface area contributed by atoms with Gasteiger partial charge in [-0.1, -0.05) is 0 Å². The molecule has 0 spiro atoms. The molecule has 0 aliphatic carbocycles. The average Bonchev–Trinajstić information content (AvgIpc) is 3.18. The first kappa shape index (κ1) is 17.9. The highest BCUT2D eigenvalue weighted by Crippen LogP contribution is 2.18. The third-order valence-corrected chi connectivity index (χ3v) is 4.16. The second-order valence-corrected chi connectivity index (χ2v) is 5.93. The van der Waals surface area contributed by atoms with Crippen molar-refractivity contribution in [3.8, 4) is 5.75 Å². The highest BCUT2D eigenvalue weighted by atomic mass is 19.2. The molecule has 1 aliphatic heterocycles. The number of ether oxygens (including phenoxy) is 1. The minimum atomic E-state index is -1.03. The lowest BCUT2D eigenvalue weighted by Crippen LogP contribution is -2.53. The third-order valence-electron chi connectivity index (χ3n) is 4.16. The molecule has 1 aromatic carbocycles. The quantitative estimate of drug-likeness (QED) is 0.835. The van der Waals surface area contributed by atoms with E-state index >= 15 is 0 Å². The zero-order valence-electron chi connectivity index (χ0n) is 14.2. The summed E-state index contributed by atoms with van der Waals surface area (Å²) in [4.78, 5) is 27.9. The summed E-state index contributed by atoms with van der Waals surface area (Å²) in [7, 11) is 0. The maximum Gasteiger partial charge on any atom is 0.289 e. The molecule has 3 rings (SSSR count). The molecule has 2 amide bonds.